The average Bonchev–Trinajstić information content (AvgIpc) is 3.42. The second-order valence-electron chi connectivity index (χ2n) is 12.3. The normalized spacial score (nSPS) is 15.7. The number of likely N-dealkylation sites (N-methyl/N-ethyl adjacent to an activating group) is 1. The Bertz CT molecular complexity index is 1890. The van der Waals surface area contributed by atoms with Gasteiger partial charge in [-0.15, -0.1) is 0 Å². The van der Waals surface area contributed by atoms with Crippen LogP contribution in [0.25, 0.3) is 17.0 Å². The van der Waals surface area contributed by atoms with E-state index in [9.17, 15) is 46.0 Å². The number of non-ortho nitro benzene ring substituents is 1. The highest BCUT2D eigenvalue weighted by atomic mass is 19.4. The van der Waals surface area contributed by atoms with E-state index >= 15 is 0 Å². The maximum Gasteiger partial charge on any atom is 0.416 e. The van der Waals surface area contributed by atoms with Crippen molar-refractivity contribution in [2.24, 2.45) is 0 Å². The average molecular weight is 702 g/mol. The van der Waals surface area contributed by atoms with Crippen molar-refractivity contribution in [3.63, 3.8) is 0 Å². The predicted molar refractivity (Wildman–Crippen MR) is 174 cm³/mol. The summed E-state index contributed by atoms with van der Waals surface area (Å²) in [6, 6.07) is 13.1. The van der Waals surface area contributed by atoms with E-state index in [0.29, 0.717) is 30.8 Å². The van der Waals surface area contributed by atoms with Gasteiger partial charge in [0, 0.05) is 73.6 Å². The van der Waals surface area contributed by atoms with Gasteiger partial charge in [-0.05, 0) is 74.1 Å². The van der Waals surface area contributed by atoms with Crippen molar-refractivity contribution in [2.45, 2.75) is 31.4 Å². The summed E-state index contributed by atoms with van der Waals surface area (Å²) in [4.78, 5) is 42.3. The molecule has 1 atom stereocenters. The summed E-state index contributed by atoms with van der Waals surface area (Å²) >= 11 is 0. The molecule has 50 heavy (non-hydrogen) atoms. The number of nitrogens with zero attached hydrogens (tertiary/aromatic N) is 5. The molecule has 0 aliphatic carbocycles. The molecule has 2 heterocycles. The van der Waals surface area contributed by atoms with E-state index < -0.39 is 51.8 Å². The van der Waals surface area contributed by atoms with Crippen LogP contribution in [0.1, 0.15) is 32.6 Å². The molecule has 0 bridgehead atoms. The van der Waals surface area contributed by atoms with Crippen molar-refractivity contribution in [1.82, 2.24) is 19.3 Å². The van der Waals surface area contributed by atoms with Gasteiger partial charge in [0.25, 0.3) is 11.6 Å². The highest BCUT2D eigenvalue weighted by Crippen LogP contribution is 2.37. The molecule has 5 rings (SSSR count). The summed E-state index contributed by atoms with van der Waals surface area (Å²) in [5.41, 5.74) is -1.86. The van der Waals surface area contributed by atoms with Crippen LogP contribution in [0.4, 0.5) is 32.0 Å². The lowest BCUT2D eigenvalue weighted by Crippen LogP contribution is -2.57. The van der Waals surface area contributed by atoms with E-state index in [1.54, 1.807) is 0 Å². The van der Waals surface area contributed by atoms with Gasteiger partial charge in [0.1, 0.15) is 0 Å². The third-order valence-electron chi connectivity index (χ3n) is 8.53. The molecular weight excluding hydrogens is 668 g/mol. The number of benzene rings is 3. The Morgan fingerprint density at radius 1 is 0.940 bits per heavy atom. The zero-order valence-electron chi connectivity index (χ0n) is 27.0. The Balaban J connectivity index is 1.49. The molecule has 0 spiro atoms. The number of aromatic nitrogens is 1. The number of rotatable bonds is 9. The van der Waals surface area contributed by atoms with Gasteiger partial charge in [0.15, 0.2) is 0 Å². The molecule has 1 unspecified atom stereocenters. The maximum atomic E-state index is 13.9. The number of para-hydroxylation sites is 1. The van der Waals surface area contributed by atoms with Crippen LogP contribution in [-0.4, -0.2) is 82.3 Å². The molecule has 1 aliphatic rings. The number of amides is 2. The number of hydrogen-bond donors (Lipinski definition) is 0. The highest BCUT2D eigenvalue weighted by Gasteiger charge is 2.39. The van der Waals surface area contributed by atoms with Gasteiger partial charge in [0.2, 0.25) is 5.91 Å². The molecule has 2 amide bonds. The summed E-state index contributed by atoms with van der Waals surface area (Å²) in [6.45, 7) is 1.09. The van der Waals surface area contributed by atoms with Gasteiger partial charge >= 0.3 is 12.4 Å². The van der Waals surface area contributed by atoms with Crippen molar-refractivity contribution < 1.29 is 40.9 Å². The minimum atomic E-state index is -5.13. The van der Waals surface area contributed by atoms with Crippen LogP contribution in [0.3, 0.4) is 0 Å². The molecule has 15 heteroatoms. The van der Waals surface area contributed by atoms with E-state index in [1.165, 1.54) is 46.2 Å². The third kappa shape index (κ3) is 8.33. The zero-order valence-corrected chi connectivity index (χ0v) is 27.0. The quantitative estimate of drug-likeness (QED) is 0.0833. The number of halogens is 6. The SMILES string of the molecule is CN(C)CCn1cc(CC2CN(C(=O)/C=C/c3ccc([N+](=O)[O-])cc3)CCN2C(=O)c2cc(C(F)(F)F)cc(C(F)(F)F)c2)c2ccccc21. The maximum absolute atomic E-state index is 13.9. The lowest BCUT2D eigenvalue weighted by atomic mass is 9.98. The third-order valence-corrected chi connectivity index (χ3v) is 8.53. The van der Waals surface area contributed by atoms with Crippen molar-refractivity contribution in [2.75, 3.05) is 40.3 Å². The minimum absolute atomic E-state index is 0.0231. The number of carbonyl (C=O) groups excluding carboxylic acids is 2. The van der Waals surface area contributed by atoms with E-state index in [2.05, 4.69) is 0 Å². The lowest BCUT2D eigenvalue weighted by molar-refractivity contribution is -0.384. The molecule has 0 saturated carbocycles. The molecule has 0 N–H and O–H groups in total. The Labute approximate surface area is 283 Å². The molecule has 3 aromatic carbocycles. The van der Waals surface area contributed by atoms with Gasteiger partial charge in [-0.1, -0.05) is 18.2 Å². The Morgan fingerprint density at radius 3 is 2.18 bits per heavy atom. The Hall–Kier alpha value is -5.18. The van der Waals surface area contributed by atoms with Crippen LogP contribution in [-0.2, 0) is 30.1 Å². The molecule has 1 fully saturated rings. The molecule has 0 radical (unpaired) electrons. The van der Waals surface area contributed by atoms with Crippen molar-refractivity contribution in [3.05, 3.63) is 117 Å². The molecule has 264 valence electrons. The van der Waals surface area contributed by atoms with Gasteiger partial charge in [0.05, 0.1) is 22.1 Å². The molecule has 1 aliphatic heterocycles. The van der Waals surface area contributed by atoms with Crippen LogP contribution >= 0.6 is 0 Å². The van der Waals surface area contributed by atoms with Crippen LogP contribution in [0, 0.1) is 10.1 Å². The second-order valence-corrected chi connectivity index (χ2v) is 12.3. The fourth-order valence-corrected chi connectivity index (χ4v) is 5.95. The largest absolute Gasteiger partial charge is 0.416 e. The fourth-order valence-electron chi connectivity index (χ4n) is 5.95. The van der Waals surface area contributed by atoms with Crippen LogP contribution in [0.2, 0.25) is 0 Å². The molecule has 9 nitrogen and oxygen atoms in total. The first-order valence-electron chi connectivity index (χ1n) is 15.5. The first kappa shape index (κ1) is 36.1. The Morgan fingerprint density at radius 2 is 1.58 bits per heavy atom. The lowest BCUT2D eigenvalue weighted by Gasteiger charge is -2.41. The van der Waals surface area contributed by atoms with E-state index in [4.69, 9.17) is 0 Å². The van der Waals surface area contributed by atoms with Crippen molar-refractivity contribution in [3.8, 4) is 0 Å². The van der Waals surface area contributed by atoms with Gasteiger partial charge in [-0.2, -0.15) is 26.3 Å². The summed E-state index contributed by atoms with van der Waals surface area (Å²) in [5, 5.41) is 11.8. The summed E-state index contributed by atoms with van der Waals surface area (Å²) in [7, 11) is 3.86. The smallest absolute Gasteiger partial charge is 0.346 e. The monoisotopic (exact) mass is 701 g/mol. The number of alkyl halides is 6. The summed E-state index contributed by atoms with van der Waals surface area (Å²) < 4.78 is 84.1. The number of nitro groups is 1. The molecule has 4 aromatic rings. The van der Waals surface area contributed by atoms with Crippen molar-refractivity contribution >= 4 is 34.5 Å². The van der Waals surface area contributed by atoms with Gasteiger partial charge in [-0.25, -0.2) is 0 Å². The predicted octanol–water partition coefficient (Wildman–Crippen LogP) is 6.76. The highest BCUT2D eigenvalue weighted by molar-refractivity contribution is 5.96. The van der Waals surface area contributed by atoms with E-state index in [0.717, 1.165) is 16.5 Å². The number of hydrogen-bond acceptors (Lipinski definition) is 5. The Kier molecular flexibility index (Phi) is 10.4. The first-order valence-corrected chi connectivity index (χ1v) is 15.5. The van der Waals surface area contributed by atoms with Crippen LogP contribution < -0.4 is 0 Å². The number of fused-ring (bicyclic) bond motifs is 1. The summed E-state index contributed by atoms with van der Waals surface area (Å²) in [6.07, 6.45) is -5.46. The number of piperazine rings is 1. The number of carbonyl (C=O) groups is 2. The molecule has 1 saturated heterocycles. The van der Waals surface area contributed by atoms with Gasteiger partial charge < -0.3 is 19.3 Å². The topological polar surface area (TPSA) is 91.9 Å². The fraction of sp³-hybridized carbons (Fsp3) is 0.314. The van der Waals surface area contributed by atoms with Crippen LogP contribution in [0.5, 0.6) is 0 Å². The minimum Gasteiger partial charge on any atom is -0.346 e. The van der Waals surface area contributed by atoms with Gasteiger partial charge in [-0.3, -0.25) is 19.7 Å². The van der Waals surface area contributed by atoms with E-state index in [1.807, 2.05) is 54.0 Å². The molecule has 1 aromatic heterocycles. The molecular formula is C35H33F6N5O4. The van der Waals surface area contributed by atoms with Crippen molar-refractivity contribution in [1.29, 1.82) is 0 Å². The summed E-state index contributed by atoms with van der Waals surface area (Å²) in [5.74, 6) is -1.47. The first-order chi connectivity index (χ1) is 23.5. The zero-order chi connectivity index (χ0) is 36.4. The van der Waals surface area contributed by atoms with Crippen LogP contribution in [0.15, 0.2) is 79.0 Å². The number of nitro benzene ring substituents is 1. The standard InChI is InChI=1S/C35H33F6N5O4/c1-42(2)13-14-43-21-25(30-5-3-4-6-31(30)43)19-29-22-44(32(47)12-9-23-7-10-28(11-8-23)46(49)50)15-16-45(29)33(48)24-17-26(34(36,37)38)20-27(18-24)35(39,40)41/h3-12,17-18,20-21,29H,13-16,19,22H2,1-2H3/b12-9+. The van der Waals surface area contributed by atoms with E-state index in [-0.39, 0.29) is 37.8 Å². The second kappa shape index (κ2) is 14.4.